The number of aliphatic hydroxyl groups excluding tert-OH is 1. The van der Waals surface area contributed by atoms with Gasteiger partial charge in [0.2, 0.25) is 0 Å². The van der Waals surface area contributed by atoms with Gasteiger partial charge in [-0.25, -0.2) is 0 Å². The minimum atomic E-state index is -4.83. The summed E-state index contributed by atoms with van der Waals surface area (Å²) in [4.78, 5) is 3.87. The van der Waals surface area contributed by atoms with Crippen LogP contribution in [0.5, 0.6) is 5.75 Å². The van der Waals surface area contributed by atoms with E-state index >= 15 is 0 Å². The second kappa shape index (κ2) is 5.68. The van der Waals surface area contributed by atoms with E-state index in [4.69, 9.17) is 11.6 Å². The number of benzene rings is 1. The van der Waals surface area contributed by atoms with Crippen LogP contribution in [0.2, 0.25) is 5.02 Å². The number of aromatic nitrogens is 1. The van der Waals surface area contributed by atoms with E-state index in [0.717, 1.165) is 6.07 Å². The largest absolute Gasteiger partial charge is 0.573 e. The molecule has 1 N–H and O–H groups in total. The normalized spacial score (nSPS) is 13.1. The molecule has 0 radical (unpaired) electrons. The van der Waals surface area contributed by atoms with Crippen molar-refractivity contribution in [3.63, 3.8) is 0 Å². The van der Waals surface area contributed by atoms with Gasteiger partial charge in [0.1, 0.15) is 11.9 Å². The molecule has 1 unspecified atom stereocenters. The molecule has 0 amide bonds. The number of hydrogen-bond acceptors (Lipinski definition) is 3. The van der Waals surface area contributed by atoms with Gasteiger partial charge in [0.05, 0.1) is 10.7 Å². The van der Waals surface area contributed by atoms with Crippen molar-refractivity contribution in [1.82, 2.24) is 4.98 Å². The second-order valence-corrected chi connectivity index (χ2v) is 4.33. The van der Waals surface area contributed by atoms with Crippen LogP contribution in [-0.4, -0.2) is 16.5 Å². The lowest BCUT2D eigenvalue weighted by Crippen LogP contribution is -2.19. The van der Waals surface area contributed by atoms with Crippen molar-refractivity contribution >= 4 is 11.6 Å². The number of aliphatic hydroxyl groups is 1. The highest BCUT2D eigenvalue weighted by Crippen LogP contribution is 2.32. The Labute approximate surface area is 117 Å². The van der Waals surface area contributed by atoms with E-state index in [1.165, 1.54) is 36.5 Å². The molecule has 0 aliphatic carbocycles. The quantitative estimate of drug-likeness (QED) is 0.940. The van der Waals surface area contributed by atoms with E-state index in [1.54, 1.807) is 0 Å². The molecule has 0 bridgehead atoms. The summed E-state index contributed by atoms with van der Waals surface area (Å²) in [5.74, 6) is -0.468. The van der Waals surface area contributed by atoms with Crippen molar-refractivity contribution in [2.45, 2.75) is 12.5 Å². The van der Waals surface area contributed by atoms with E-state index in [-0.39, 0.29) is 11.3 Å². The smallest absolute Gasteiger partial charge is 0.405 e. The Balaban J connectivity index is 2.34. The molecule has 1 heterocycles. The number of halogens is 4. The van der Waals surface area contributed by atoms with E-state index in [9.17, 15) is 18.3 Å². The van der Waals surface area contributed by atoms with Gasteiger partial charge in [0.25, 0.3) is 0 Å². The number of rotatable bonds is 3. The third kappa shape index (κ3) is 3.61. The third-order valence-corrected chi connectivity index (χ3v) is 2.69. The molecule has 1 atom stereocenters. The predicted octanol–water partition coefficient (Wildman–Crippen LogP) is 3.72. The zero-order chi connectivity index (χ0) is 14.8. The van der Waals surface area contributed by atoms with Gasteiger partial charge >= 0.3 is 6.36 Å². The molecule has 0 aliphatic heterocycles. The molecule has 0 spiro atoms. The predicted molar refractivity (Wildman–Crippen MR) is 66.4 cm³/mol. The average Bonchev–Trinajstić information content (AvgIpc) is 2.37. The third-order valence-electron chi connectivity index (χ3n) is 2.47. The summed E-state index contributed by atoms with van der Waals surface area (Å²) >= 11 is 5.66. The molecule has 2 rings (SSSR count). The minimum Gasteiger partial charge on any atom is -0.405 e. The standard InChI is InChI=1S/C13H9ClF3NO2/c14-8-5-6-10(18-7-8)12(19)9-3-1-2-4-11(9)20-13(15,16)17/h1-7,12,19H. The number of ether oxygens (including phenoxy) is 1. The first-order valence-electron chi connectivity index (χ1n) is 5.51. The molecule has 7 heteroatoms. The average molecular weight is 304 g/mol. The molecule has 106 valence electrons. The van der Waals surface area contributed by atoms with Crippen molar-refractivity contribution in [1.29, 1.82) is 0 Å². The van der Waals surface area contributed by atoms with Gasteiger partial charge in [-0.3, -0.25) is 4.98 Å². The first kappa shape index (κ1) is 14.6. The molecule has 1 aromatic carbocycles. The molecule has 2 aromatic rings. The van der Waals surface area contributed by atoms with Crippen molar-refractivity contribution < 1.29 is 23.0 Å². The number of alkyl halides is 3. The Kier molecular flexibility index (Phi) is 4.15. The summed E-state index contributed by atoms with van der Waals surface area (Å²) in [6.07, 6.45) is -4.87. The summed E-state index contributed by atoms with van der Waals surface area (Å²) < 4.78 is 40.8. The number of nitrogens with zero attached hydrogens (tertiary/aromatic N) is 1. The van der Waals surface area contributed by atoms with Crippen LogP contribution < -0.4 is 4.74 Å². The molecule has 0 aliphatic rings. The maximum Gasteiger partial charge on any atom is 0.573 e. The van der Waals surface area contributed by atoms with Crippen LogP contribution in [0.3, 0.4) is 0 Å². The van der Waals surface area contributed by atoms with E-state index in [0.29, 0.717) is 5.02 Å². The summed E-state index contributed by atoms with van der Waals surface area (Å²) in [6, 6.07) is 8.26. The van der Waals surface area contributed by atoms with Gasteiger partial charge in [-0.15, -0.1) is 13.2 Å². The molecule has 1 aromatic heterocycles. The Morgan fingerprint density at radius 3 is 2.45 bits per heavy atom. The van der Waals surface area contributed by atoms with Crippen LogP contribution in [-0.2, 0) is 0 Å². The first-order chi connectivity index (χ1) is 9.37. The molecule has 0 saturated heterocycles. The lowest BCUT2D eigenvalue weighted by atomic mass is 10.1. The van der Waals surface area contributed by atoms with Gasteiger partial charge in [0.15, 0.2) is 0 Å². The Hall–Kier alpha value is -1.79. The molecule has 0 fully saturated rings. The molecular formula is C13H9ClF3NO2. The van der Waals surface area contributed by atoms with Gasteiger partial charge in [-0.1, -0.05) is 29.8 Å². The van der Waals surface area contributed by atoms with Crippen LogP contribution in [0.1, 0.15) is 17.4 Å². The Bertz CT molecular complexity index is 587. The van der Waals surface area contributed by atoms with E-state index in [1.807, 2.05) is 0 Å². The van der Waals surface area contributed by atoms with Crippen LogP contribution in [0.25, 0.3) is 0 Å². The molecule has 3 nitrogen and oxygen atoms in total. The van der Waals surface area contributed by atoms with Crippen LogP contribution in [0.4, 0.5) is 13.2 Å². The van der Waals surface area contributed by atoms with Crippen LogP contribution >= 0.6 is 11.6 Å². The molecule has 0 saturated carbocycles. The highest BCUT2D eigenvalue weighted by molar-refractivity contribution is 6.30. The maximum atomic E-state index is 12.3. The van der Waals surface area contributed by atoms with E-state index in [2.05, 4.69) is 9.72 Å². The van der Waals surface area contributed by atoms with Crippen molar-refractivity contribution in [2.75, 3.05) is 0 Å². The lowest BCUT2D eigenvalue weighted by Gasteiger charge is -2.16. The fraction of sp³-hybridized carbons (Fsp3) is 0.154. The first-order valence-corrected chi connectivity index (χ1v) is 5.89. The van der Waals surface area contributed by atoms with Crippen molar-refractivity contribution in [2.24, 2.45) is 0 Å². The number of para-hydroxylation sites is 1. The SMILES string of the molecule is OC(c1ccc(Cl)cn1)c1ccccc1OC(F)(F)F. The maximum absolute atomic E-state index is 12.3. The topological polar surface area (TPSA) is 42.4 Å². The Morgan fingerprint density at radius 2 is 1.85 bits per heavy atom. The van der Waals surface area contributed by atoms with Crippen molar-refractivity contribution in [3.05, 3.63) is 58.9 Å². The van der Waals surface area contributed by atoms with Crippen LogP contribution in [0, 0.1) is 0 Å². The lowest BCUT2D eigenvalue weighted by molar-refractivity contribution is -0.275. The van der Waals surface area contributed by atoms with E-state index < -0.39 is 18.2 Å². The van der Waals surface area contributed by atoms with Gasteiger partial charge in [-0.05, 0) is 18.2 Å². The monoisotopic (exact) mass is 303 g/mol. The van der Waals surface area contributed by atoms with Gasteiger partial charge < -0.3 is 9.84 Å². The van der Waals surface area contributed by atoms with Gasteiger partial charge in [0, 0.05) is 11.8 Å². The summed E-state index contributed by atoms with van der Waals surface area (Å²) in [6.45, 7) is 0. The fourth-order valence-corrected chi connectivity index (χ4v) is 1.74. The number of hydrogen-bond donors (Lipinski definition) is 1. The highest BCUT2D eigenvalue weighted by atomic mass is 35.5. The Morgan fingerprint density at radius 1 is 1.15 bits per heavy atom. The zero-order valence-corrected chi connectivity index (χ0v) is 10.7. The minimum absolute atomic E-state index is 0.0281. The fourth-order valence-electron chi connectivity index (χ4n) is 1.63. The summed E-state index contributed by atoms with van der Waals surface area (Å²) in [5.41, 5.74) is 0.146. The van der Waals surface area contributed by atoms with Gasteiger partial charge in [-0.2, -0.15) is 0 Å². The summed E-state index contributed by atoms with van der Waals surface area (Å²) in [5, 5.41) is 10.5. The molecule has 20 heavy (non-hydrogen) atoms. The molecular weight excluding hydrogens is 295 g/mol. The zero-order valence-electron chi connectivity index (χ0n) is 9.93. The number of pyridine rings is 1. The highest BCUT2D eigenvalue weighted by Gasteiger charge is 2.33. The summed E-state index contributed by atoms with van der Waals surface area (Å²) in [7, 11) is 0. The second-order valence-electron chi connectivity index (χ2n) is 3.89. The van der Waals surface area contributed by atoms with Crippen LogP contribution in [0.15, 0.2) is 42.6 Å². The van der Waals surface area contributed by atoms with Crippen molar-refractivity contribution in [3.8, 4) is 5.75 Å².